The molecule has 128 valence electrons. The Morgan fingerprint density at radius 2 is 2.04 bits per heavy atom. The van der Waals surface area contributed by atoms with Crippen molar-refractivity contribution in [2.24, 2.45) is 16.6 Å². The van der Waals surface area contributed by atoms with Crippen molar-refractivity contribution in [3.63, 3.8) is 0 Å². The van der Waals surface area contributed by atoms with E-state index in [0.29, 0.717) is 32.1 Å². The van der Waals surface area contributed by atoms with E-state index in [2.05, 4.69) is 15.6 Å². The van der Waals surface area contributed by atoms with Crippen molar-refractivity contribution in [2.75, 3.05) is 33.4 Å². The molecule has 1 aromatic carbocycles. The maximum atomic E-state index is 12.9. The fourth-order valence-electron chi connectivity index (χ4n) is 1.97. The molecule has 0 saturated carbocycles. The zero-order valence-corrected chi connectivity index (χ0v) is 13.6. The van der Waals surface area contributed by atoms with Crippen LogP contribution in [-0.4, -0.2) is 45.2 Å². The number of halogens is 1. The Hall–Kier alpha value is -2.15. The molecule has 1 rings (SSSR count). The van der Waals surface area contributed by atoms with Crippen LogP contribution in [0, 0.1) is 11.7 Å². The molecule has 0 radical (unpaired) electrons. The highest BCUT2D eigenvalue weighted by atomic mass is 19.1. The molecule has 7 heteroatoms. The highest BCUT2D eigenvalue weighted by Gasteiger charge is 2.16. The van der Waals surface area contributed by atoms with Crippen LogP contribution in [0.5, 0.6) is 0 Å². The summed E-state index contributed by atoms with van der Waals surface area (Å²) >= 11 is 0. The normalized spacial score (nSPS) is 12.7. The van der Waals surface area contributed by atoms with Gasteiger partial charge in [0.1, 0.15) is 5.82 Å². The van der Waals surface area contributed by atoms with Crippen LogP contribution in [0.3, 0.4) is 0 Å². The van der Waals surface area contributed by atoms with Gasteiger partial charge < -0.3 is 21.1 Å². The second-order valence-corrected chi connectivity index (χ2v) is 5.07. The molecule has 4 N–H and O–H groups in total. The van der Waals surface area contributed by atoms with Gasteiger partial charge >= 0.3 is 0 Å². The number of benzene rings is 1. The number of ether oxygens (including phenoxy) is 1. The van der Waals surface area contributed by atoms with Gasteiger partial charge in [0.05, 0.1) is 19.1 Å². The van der Waals surface area contributed by atoms with E-state index in [1.54, 1.807) is 19.2 Å². The predicted octanol–water partition coefficient (Wildman–Crippen LogP) is 0.671. The van der Waals surface area contributed by atoms with E-state index in [1.807, 2.05) is 6.92 Å². The summed E-state index contributed by atoms with van der Waals surface area (Å²) in [5, 5.41) is 6.19. The highest BCUT2D eigenvalue weighted by molar-refractivity contribution is 5.81. The van der Waals surface area contributed by atoms with E-state index in [9.17, 15) is 9.18 Å². The third-order valence-electron chi connectivity index (χ3n) is 3.21. The molecule has 0 aliphatic rings. The largest absolute Gasteiger partial charge is 0.383 e. The first-order valence-corrected chi connectivity index (χ1v) is 7.61. The number of nitrogens with two attached hydrogens (primary N) is 1. The summed E-state index contributed by atoms with van der Waals surface area (Å²) in [5.41, 5.74) is 6.30. The first kappa shape index (κ1) is 18.9. The molecule has 0 aliphatic carbocycles. The van der Waals surface area contributed by atoms with E-state index in [-0.39, 0.29) is 12.4 Å². The number of nitrogens with zero attached hydrogens (tertiary/aromatic N) is 1. The van der Waals surface area contributed by atoms with E-state index in [1.165, 1.54) is 12.1 Å². The van der Waals surface area contributed by atoms with Crippen LogP contribution in [-0.2, 0) is 16.0 Å². The lowest BCUT2D eigenvalue weighted by atomic mass is 9.99. The maximum absolute atomic E-state index is 12.9. The summed E-state index contributed by atoms with van der Waals surface area (Å²) < 4.78 is 17.9. The molecule has 0 aromatic heterocycles. The van der Waals surface area contributed by atoms with Crippen molar-refractivity contribution >= 4 is 11.9 Å². The Balaban J connectivity index is 2.66. The molecule has 0 saturated heterocycles. The van der Waals surface area contributed by atoms with E-state index in [4.69, 9.17) is 10.5 Å². The molecule has 1 amide bonds. The van der Waals surface area contributed by atoms with Gasteiger partial charge in [-0.25, -0.2) is 4.39 Å². The zero-order valence-electron chi connectivity index (χ0n) is 13.6. The zero-order chi connectivity index (χ0) is 17.1. The molecular formula is C16H25FN4O2. The average molecular weight is 324 g/mol. The number of hydrogen-bond acceptors (Lipinski definition) is 3. The highest BCUT2D eigenvalue weighted by Crippen LogP contribution is 2.10. The van der Waals surface area contributed by atoms with Crippen LogP contribution in [0.1, 0.15) is 12.5 Å². The fourth-order valence-corrected chi connectivity index (χ4v) is 1.97. The lowest BCUT2D eigenvalue weighted by Gasteiger charge is -2.14. The van der Waals surface area contributed by atoms with Gasteiger partial charge in [-0.1, -0.05) is 12.1 Å². The molecule has 6 nitrogen and oxygen atoms in total. The monoisotopic (exact) mass is 324 g/mol. The number of hydrogen-bond donors (Lipinski definition) is 3. The van der Waals surface area contributed by atoms with Crippen LogP contribution in [0.15, 0.2) is 29.3 Å². The fraction of sp³-hybridized carbons (Fsp3) is 0.500. The number of amides is 1. The van der Waals surface area contributed by atoms with Crippen molar-refractivity contribution in [1.29, 1.82) is 0 Å². The number of guanidine groups is 1. The lowest BCUT2D eigenvalue weighted by Crippen LogP contribution is -2.40. The SMILES string of the molecule is CCNC(=NCC(Cc1ccc(F)cc1)C(N)=O)NCCOC. The Bertz CT molecular complexity index is 505. The van der Waals surface area contributed by atoms with Gasteiger partial charge in [0.25, 0.3) is 0 Å². The van der Waals surface area contributed by atoms with Crippen LogP contribution in [0.25, 0.3) is 0 Å². The topological polar surface area (TPSA) is 88.7 Å². The molecule has 0 spiro atoms. The van der Waals surface area contributed by atoms with Gasteiger partial charge in [-0.3, -0.25) is 9.79 Å². The average Bonchev–Trinajstić information content (AvgIpc) is 2.53. The van der Waals surface area contributed by atoms with Crippen molar-refractivity contribution in [3.8, 4) is 0 Å². The second kappa shape index (κ2) is 10.6. The van der Waals surface area contributed by atoms with E-state index in [0.717, 1.165) is 5.56 Å². The minimum atomic E-state index is -0.446. The molecule has 1 atom stereocenters. The summed E-state index contributed by atoms with van der Waals surface area (Å²) in [6.45, 7) is 4.09. The summed E-state index contributed by atoms with van der Waals surface area (Å²) in [4.78, 5) is 16.0. The van der Waals surface area contributed by atoms with E-state index < -0.39 is 11.8 Å². The van der Waals surface area contributed by atoms with Crippen molar-refractivity contribution in [1.82, 2.24) is 10.6 Å². The van der Waals surface area contributed by atoms with Crippen LogP contribution in [0.2, 0.25) is 0 Å². The smallest absolute Gasteiger partial charge is 0.222 e. The van der Waals surface area contributed by atoms with Gasteiger partial charge in [-0.05, 0) is 31.0 Å². The number of aliphatic imine (C=N–C) groups is 1. The van der Waals surface area contributed by atoms with Gasteiger partial charge in [0, 0.05) is 20.2 Å². The van der Waals surface area contributed by atoms with Gasteiger partial charge in [0.15, 0.2) is 5.96 Å². The lowest BCUT2D eigenvalue weighted by molar-refractivity contribution is -0.121. The van der Waals surface area contributed by atoms with Gasteiger partial charge in [-0.15, -0.1) is 0 Å². The minimum Gasteiger partial charge on any atom is -0.383 e. The first-order chi connectivity index (χ1) is 11.1. The number of carbonyl (C=O) groups is 1. The molecule has 0 heterocycles. The molecule has 0 aliphatic heterocycles. The van der Waals surface area contributed by atoms with Gasteiger partial charge in [-0.2, -0.15) is 0 Å². The second-order valence-electron chi connectivity index (χ2n) is 5.07. The Labute approximate surface area is 136 Å². The minimum absolute atomic E-state index is 0.259. The maximum Gasteiger partial charge on any atom is 0.222 e. The van der Waals surface area contributed by atoms with Crippen LogP contribution < -0.4 is 16.4 Å². The molecular weight excluding hydrogens is 299 g/mol. The summed E-state index contributed by atoms with van der Waals surface area (Å²) in [6, 6.07) is 6.04. The number of nitrogens with one attached hydrogen (secondary N) is 2. The Morgan fingerprint density at radius 3 is 2.61 bits per heavy atom. The van der Waals surface area contributed by atoms with Crippen molar-refractivity contribution in [2.45, 2.75) is 13.3 Å². The number of rotatable bonds is 9. The summed E-state index contributed by atoms with van der Waals surface area (Å²) in [5.74, 6) is -0.571. The standard InChI is InChI=1S/C16H25FN4O2/c1-3-19-16(20-8-9-23-2)21-11-13(15(18)22)10-12-4-6-14(17)7-5-12/h4-7,13H,3,8-11H2,1-2H3,(H2,18,22)(H2,19,20,21). The molecule has 0 bridgehead atoms. The van der Waals surface area contributed by atoms with Crippen molar-refractivity contribution < 1.29 is 13.9 Å². The van der Waals surface area contributed by atoms with E-state index >= 15 is 0 Å². The predicted molar refractivity (Wildman–Crippen MR) is 88.6 cm³/mol. The Morgan fingerprint density at radius 1 is 1.35 bits per heavy atom. The summed E-state index contributed by atoms with van der Waals surface area (Å²) in [6.07, 6.45) is 0.427. The third-order valence-corrected chi connectivity index (χ3v) is 3.21. The molecule has 23 heavy (non-hydrogen) atoms. The number of primary amides is 1. The van der Waals surface area contributed by atoms with Crippen LogP contribution >= 0.6 is 0 Å². The van der Waals surface area contributed by atoms with Crippen molar-refractivity contribution in [3.05, 3.63) is 35.6 Å². The molecule has 1 aromatic rings. The molecule has 1 unspecified atom stereocenters. The molecule has 0 fully saturated rings. The number of methoxy groups -OCH3 is 1. The third kappa shape index (κ3) is 7.60. The first-order valence-electron chi connectivity index (χ1n) is 7.61. The summed E-state index contributed by atoms with van der Waals surface area (Å²) in [7, 11) is 1.62. The Kier molecular flexibility index (Phi) is 8.67. The van der Waals surface area contributed by atoms with Crippen LogP contribution in [0.4, 0.5) is 4.39 Å². The number of carbonyl (C=O) groups excluding carboxylic acids is 1. The quantitative estimate of drug-likeness (QED) is 0.354. The van der Waals surface area contributed by atoms with Gasteiger partial charge in [0.2, 0.25) is 5.91 Å².